The molecule has 2 N–H and O–H groups in total. The Kier molecular flexibility index (Phi) is 4.25. The van der Waals surface area contributed by atoms with Crippen molar-refractivity contribution in [3.8, 4) is 5.75 Å². The van der Waals surface area contributed by atoms with Crippen LogP contribution < -0.4 is 5.32 Å². The van der Waals surface area contributed by atoms with Crippen LogP contribution in [0.5, 0.6) is 5.75 Å². The summed E-state index contributed by atoms with van der Waals surface area (Å²) in [7, 11) is 4.07. The zero-order valence-corrected chi connectivity index (χ0v) is 11.7. The second kappa shape index (κ2) is 5.72. The number of aromatic hydroxyl groups is 1. The van der Waals surface area contributed by atoms with Crippen LogP contribution in [0, 0.1) is 6.92 Å². The van der Waals surface area contributed by atoms with Crippen molar-refractivity contribution >= 4 is 0 Å². The molecule has 0 aromatic heterocycles. The Morgan fingerprint density at radius 1 is 1.39 bits per heavy atom. The largest absolute Gasteiger partial charge is 0.507 e. The summed E-state index contributed by atoms with van der Waals surface area (Å²) in [6, 6.07) is 4.24. The molecule has 1 aliphatic rings. The first-order valence-electron chi connectivity index (χ1n) is 6.76. The van der Waals surface area contributed by atoms with Gasteiger partial charge in [0.05, 0.1) is 0 Å². The van der Waals surface area contributed by atoms with Crippen molar-refractivity contribution in [3.05, 3.63) is 28.8 Å². The van der Waals surface area contributed by atoms with Crippen LogP contribution in [0.1, 0.15) is 35.4 Å². The van der Waals surface area contributed by atoms with Crippen LogP contribution in [0.4, 0.5) is 0 Å². The van der Waals surface area contributed by atoms with Gasteiger partial charge in [0.1, 0.15) is 5.75 Å². The van der Waals surface area contributed by atoms with Crippen molar-refractivity contribution in [1.29, 1.82) is 0 Å². The smallest absolute Gasteiger partial charge is 0.123 e. The van der Waals surface area contributed by atoms with E-state index in [1.165, 1.54) is 18.4 Å². The number of phenols is 1. The Labute approximate surface area is 110 Å². The SMILES string of the molecule is Cc1ccc(C2CCCNC2)c(O)c1CN(C)C. The fraction of sp³-hybridized carbons (Fsp3) is 0.600. The fourth-order valence-corrected chi connectivity index (χ4v) is 2.72. The molecule has 1 atom stereocenters. The minimum Gasteiger partial charge on any atom is -0.507 e. The highest BCUT2D eigenvalue weighted by atomic mass is 16.3. The molecule has 100 valence electrons. The molecular formula is C15H24N2O. The van der Waals surface area contributed by atoms with E-state index >= 15 is 0 Å². The second-order valence-electron chi connectivity index (χ2n) is 5.58. The number of rotatable bonds is 3. The number of hydrogen-bond acceptors (Lipinski definition) is 3. The number of nitrogens with zero attached hydrogens (tertiary/aromatic N) is 1. The van der Waals surface area contributed by atoms with Gasteiger partial charge < -0.3 is 15.3 Å². The molecule has 1 unspecified atom stereocenters. The van der Waals surface area contributed by atoms with Crippen molar-refractivity contribution in [1.82, 2.24) is 10.2 Å². The molecule has 1 saturated heterocycles. The van der Waals surface area contributed by atoms with Gasteiger partial charge in [-0.15, -0.1) is 0 Å². The maximum atomic E-state index is 10.5. The minimum atomic E-state index is 0.459. The molecule has 1 heterocycles. The summed E-state index contributed by atoms with van der Waals surface area (Å²) >= 11 is 0. The summed E-state index contributed by atoms with van der Waals surface area (Å²) < 4.78 is 0. The summed E-state index contributed by atoms with van der Waals surface area (Å²) in [6.45, 7) is 4.96. The topological polar surface area (TPSA) is 35.5 Å². The molecule has 1 aromatic rings. The van der Waals surface area contributed by atoms with Gasteiger partial charge in [-0.2, -0.15) is 0 Å². The van der Waals surface area contributed by atoms with Crippen molar-refractivity contribution in [3.63, 3.8) is 0 Å². The molecule has 1 aromatic carbocycles. The number of hydrogen-bond donors (Lipinski definition) is 2. The monoisotopic (exact) mass is 248 g/mol. The van der Waals surface area contributed by atoms with Gasteiger partial charge in [-0.25, -0.2) is 0 Å². The van der Waals surface area contributed by atoms with E-state index in [0.717, 1.165) is 30.8 Å². The van der Waals surface area contributed by atoms with Crippen LogP contribution in [0.25, 0.3) is 0 Å². The molecule has 0 spiro atoms. The Morgan fingerprint density at radius 3 is 2.78 bits per heavy atom. The van der Waals surface area contributed by atoms with Gasteiger partial charge in [0.15, 0.2) is 0 Å². The molecule has 1 fully saturated rings. The summed E-state index contributed by atoms with van der Waals surface area (Å²) in [4.78, 5) is 2.10. The summed E-state index contributed by atoms with van der Waals surface area (Å²) in [5.74, 6) is 0.970. The van der Waals surface area contributed by atoms with E-state index < -0.39 is 0 Å². The second-order valence-corrected chi connectivity index (χ2v) is 5.58. The highest BCUT2D eigenvalue weighted by Crippen LogP contribution is 2.34. The highest BCUT2D eigenvalue weighted by molar-refractivity contribution is 5.47. The number of benzene rings is 1. The molecule has 0 radical (unpaired) electrons. The molecule has 0 saturated carbocycles. The van der Waals surface area contributed by atoms with Crippen molar-refractivity contribution in [2.75, 3.05) is 27.2 Å². The van der Waals surface area contributed by atoms with E-state index in [9.17, 15) is 5.11 Å². The first-order chi connectivity index (χ1) is 8.59. The average molecular weight is 248 g/mol. The first kappa shape index (κ1) is 13.4. The van der Waals surface area contributed by atoms with E-state index in [4.69, 9.17) is 0 Å². The Hall–Kier alpha value is -1.06. The van der Waals surface area contributed by atoms with Crippen molar-refractivity contribution in [2.45, 2.75) is 32.2 Å². The predicted molar refractivity (Wildman–Crippen MR) is 75.1 cm³/mol. The van der Waals surface area contributed by atoms with Crippen LogP contribution in [0.15, 0.2) is 12.1 Å². The molecular weight excluding hydrogens is 224 g/mol. The quantitative estimate of drug-likeness (QED) is 0.861. The molecule has 2 rings (SSSR count). The lowest BCUT2D eigenvalue weighted by atomic mass is 9.88. The molecule has 0 amide bonds. The molecule has 0 aliphatic carbocycles. The van der Waals surface area contributed by atoms with Gasteiger partial charge in [0.2, 0.25) is 0 Å². The van der Waals surface area contributed by atoms with Crippen LogP contribution in [0.3, 0.4) is 0 Å². The molecule has 1 aliphatic heterocycles. The lowest BCUT2D eigenvalue weighted by molar-refractivity contribution is 0.377. The van der Waals surface area contributed by atoms with Crippen LogP contribution >= 0.6 is 0 Å². The molecule has 18 heavy (non-hydrogen) atoms. The zero-order valence-electron chi connectivity index (χ0n) is 11.7. The average Bonchev–Trinajstić information content (AvgIpc) is 2.35. The van der Waals surface area contributed by atoms with Crippen molar-refractivity contribution < 1.29 is 5.11 Å². The fourth-order valence-electron chi connectivity index (χ4n) is 2.72. The zero-order chi connectivity index (χ0) is 13.1. The number of phenolic OH excluding ortho intramolecular Hbond substituents is 1. The third-order valence-corrected chi connectivity index (χ3v) is 3.76. The third kappa shape index (κ3) is 2.85. The molecule has 0 bridgehead atoms. The van der Waals surface area contributed by atoms with E-state index in [2.05, 4.69) is 29.3 Å². The number of piperidine rings is 1. The summed E-state index contributed by atoms with van der Waals surface area (Å²) in [5, 5.41) is 13.9. The maximum absolute atomic E-state index is 10.5. The van der Waals surface area contributed by atoms with E-state index in [1.54, 1.807) is 0 Å². The van der Waals surface area contributed by atoms with Gasteiger partial charge >= 0.3 is 0 Å². The molecule has 3 heteroatoms. The number of nitrogens with one attached hydrogen (secondary N) is 1. The van der Waals surface area contributed by atoms with Gasteiger partial charge in [0.25, 0.3) is 0 Å². The van der Waals surface area contributed by atoms with Crippen molar-refractivity contribution in [2.24, 2.45) is 0 Å². The Balaban J connectivity index is 2.30. The maximum Gasteiger partial charge on any atom is 0.123 e. The lowest BCUT2D eigenvalue weighted by Crippen LogP contribution is -2.28. The van der Waals surface area contributed by atoms with Gasteiger partial charge in [-0.05, 0) is 51.5 Å². The minimum absolute atomic E-state index is 0.459. The van der Waals surface area contributed by atoms with Crippen LogP contribution in [-0.4, -0.2) is 37.2 Å². The van der Waals surface area contributed by atoms with Crippen LogP contribution in [-0.2, 0) is 6.54 Å². The first-order valence-corrected chi connectivity index (χ1v) is 6.76. The Morgan fingerprint density at radius 2 is 2.17 bits per heavy atom. The summed E-state index contributed by atoms with van der Waals surface area (Å²) in [5.41, 5.74) is 3.36. The van der Waals surface area contributed by atoms with Gasteiger partial charge in [0, 0.05) is 24.6 Å². The highest BCUT2D eigenvalue weighted by Gasteiger charge is 2.20. The predicted octanol–water partition coefficient (Wildman–Crippen LogP) is 2.23. The Bertz CT molecular complexity index is 409. The van der Waals surface area contributed by atoms with E-state index in [-0.39, 0.29) is 0 Å². The van der Waals surface area contributed by atoms with Gasteiger partial charge in [-0.3, -0.25) is 0 Å². The van der Waals surface area contributed by atoms with E-state index in [0.29, 0.717) is 11.7 Å². The summed E-state index contributed by atoms with van der Waals surface area (Å²) in [6.07, 6.45) is 2.37. The third-order valence-electron chi connectivity index (χ3n) is 3.76. The normalized spacial score (nSPS) is 20.3. The van der Waals surface area contributed by atoms with Gasteiger partial charge in [-0.1, -0.05) is 12.1 Å². The lowest BCUT2D eigenvalue weighted by Gasteiger charge is -2.25. The standard InChI is InChI=1S/C15H24N2O/c1-11-6-7-13(12-5-4-8-16-9-12)15(18)14(11)10-17(2)3/h6-7,12,16,18H,4-5,8-10H2,1-3H3. The van der Waals surface area contributed by atoms with E-state index in [1.807, 2.05) is 14.1 Å². The molecule has 3 nitrogen and oxygen atoms in total. The van der Waals surface area contributed by atoms with Crippen LogP contribution in [0.2, 0.25) is 0 Å². The number of aryl methyl sites for hydroxylation is 1.